The van der Waals surface area contributed by atoms with E-state index in [9.17, 15) is 52.9 Å². The van der Waals surface area contributed by atoms with Crippen molar-refractivity contribution in [2.45, 2.75) is 39.2 Å². The number of carbonyl (C=O) groups excluding carboxylic acids is 4. The molecule has 2 aliphatic heterocycles. The van der Waals surface area contributed by atoms with Crippen LogP contribution in [0.25, 0.3) is 10.4 Å². The average Bonchev–Trinajstić information content (AvgIpc) is 3.82. The van der Waals surface area contributed by atoms with E-state index in [-0.39, 0.29) is 42.5 Å². The third kappa shape index (κ3) is 8.12. The fourth-order valence-corrected chi connectivity index (χ4v) is 8.56. The molecule has 4 heterocycles. The number of carbonyl (C=O) groups is 4. The van der Waals surface area contributed by atoms with Crippen molar-refractivity contribution in [3.8, 4) is 0 Å². The van der Waals surface area contributed by atoms with E-state index in [1.165, 1.54) is 71.1 Å². The number of hydrogen-bond acceptors (Lipinski definition) is 15. The quantitative estimate of drug-likeness (QED) is 0.0483. The number of esters is 1. The maximum absolute atomic E-state index is 13.6. The molecule has 294 valence electrons. The van der Waals surface area contributed by atoms with E-state index >= 15 is 0 Å². The number of β-lactam (4-membered cyclic amide) rings is 1. The zero-order chi connectivity index (χ0) is 40.5. The summed E-state index contributed by atoms with van der Waals surface area (Å²) in [6.45, 7) is 1.82. The zero-order valence-corrected chi connectivity index (χ0v) is 31.2. The van der Waals surface area contributed by atoms with Gasteiger partial charge in [0.25, 0.3) is 11.4 Å². The van der Waals surface area contributed by atoms with Crippen molar-refractivity contribution in [2.24, 2.45) is 11.8 Å². The van der Waals surface area contributed by atoms with Crippen LogP contribution in [0.2, 0.25) is 0 Å². The Kier molecular flexibility index (Phi) is 11.3. The second-order valence-corrected chi connectivity index (χ2v) is 15.9. The predicted octanol–water partition coefficient (Wildman–Crippen LogP) is 2.55. The van der Waals surface area contributed by atoms with Gasteiger partial charge in [0.15, 0.2) is 5.78 Å². The van der Waals surface area contributed by atoms with E-state index in [0.29, 0.717) is 26.4 Å². The number of nitro benzene ring substituents is 2. The molecule has 0 aliphatic carbocycles. The Morgan fingerprint density at radius 1 is 1.00 bits per heavy atom. The molecule has 0 spiro atoms. The van der Waals surface area contributed by atoms with Gasteiger partial charge in [-0.2, -0.15) is 0 Å². The summed E-state index contributed by atoms with van der Waals surface area (Å²) >= 11 is 1.08. The van der Waals surface area contributed by atoms with E-state index in [1.54, 1.807) is 13.1 Å². The summed E-state index contributed by atoms with van der Waals surface area (Å²) in [4.78, 5) is 79.0. The van der Waals surface area contributed by atoms with Crippen molar-refractivity contribution < 1.29 is 52.0 Å². The molecular weight excluding hydrogens is 779 g/mol. The number of rotatable bonds is 16. The molecule has 2 amide bonds. The SMILES string of the molecule is C[C@@H](O)[C@H]1C(=O)N2C(C(=O)OCc3ccc([N+](=O)[O-])cc3)=C(c3cn4cnc(C(=O)CNS(=O)(=O)CCNC(=O)OCc5ccc([N+](=O)[O-])cc5)c4s3)[C@H](C)[C@H]12. The number of alkyl carbamates (subject to hydrolysis) is 1. The number of hydrogen-bond donors (Lipinski definition) is 3. The fraction of sp³-hybridized carbons (Fsp3) is 0.324. The Morgan fingerprint density at radius 2 is 1.59 bits per heavy atom. The molecule has 0 radical (unpaired) electrons. The van der Waals surface area contributed by atoms with Gasteiger partial charge in [-0.3, -0.25) is 34.2 Å². The third-order valence-corrected chi connectivity index (χ3v) is 11.7. The number of sulfonamides is 1. The number of amides is 2. The normalized spacial score (nSPS) is 18.3. The summed E-state index contributed by atoms with van der Waals surface area (Å²) in [5, 5.41) is 34.4. The number of non-ortho nitro benzene ring substituents is 2. The molecule has 3 N–H and O–H groups in total. The van der Waals surface area contributed by atoms with Crippen LogP contribution in [0, 0.1) is 32.1 Å². The van der Waals surface area contributed by atoms with Crippen LogP contribution in [0.4, 0.5) is 16.2 Å². The first kappa shape index (κ1) is 39.6. The highest BCUT2D eigenvalue weighted by atomic mass is 32.2. The first-order chi connectivity index (χ1) is 26.6. The lowest BCUT2D eigenvalue weighted by Crippen LogP contribution is -2.63. The lowest BCUT2D eigenvalue weighted by Gasteiger charge is -2.46. The number of ketones is 1. The van der Waals surface area contributed by atoms with Gasteiger partial charge in [0.05, 0.1) is 45.1 Å². The number of benzene rings is 2. The molecule has 2 aromatic heterocycles. The monoisotopic (exact) mass is 811 g/mol. The van der Waals surface area contributed by atoms with Crippen molar-refractivity contribution in [2.75, 3.05) is 18.8 Å². The molecule has 56 heavy (non-hydrogen) atoms. The van der Waals surface area contributed by atoms with Crippen molar-refractivity contribution in [1.29, 1.82) is 0 Å². The number of nitrogens with one attached hydrogen (secondary N) is 2. The minimum atomic E-state index is -4.07. The molecule has 1 saturated heterocycles. The lowest BCUT2D eigenvalue weighted by molar-refractivity contribution is -0.385. The van der Waals surface area contributed by atoms with E-state index in [4.69, 9.17) is 9.47 Å². The molecule has 4 atom stereocenters. The second kappa shape index (κ2) is 15.9. The molecule has 2 aliphatic rings. The van der Waals surface area contributed by atoms with E-state index in [1.807, 2.05) is 0 Å². The van der Waals surface area contributed by atoms with Crippen LogP contribution >= 0.6 is 11.3 Å². The van der Waals surface area contributed by atoms with E-state index in [2.05, 4.69) is 15.0 Å². The summed E-state index contributed by atoms with van der Waals surface area (Å²) in [7, 11) is -4.07. The van der Waals surface area contributed by atoms with Crippen molar-refractivity contribution in [1.82, 2.24) is 24.3 Å². The number of imidazole rings is 1. The van der Waals surface area contributed by atoms with E-state index < -0.39 is 79.9 Å². The van der Waals surface area contributed by atoms with E-state index in [0.717, 1.165) is 11.3 Å². The molecular formula is C34H33N7O13S2. The highest BCUT2D eigenvalue weighted by molar-refractivity contribution is 7.89. The Hall–Kier alpha value is -6.10. The molecule has 4 aromatic rings. The summed E-state index contributed by atoms with van der Waals surface area (Å²) < 4.78 is 39.5. The van der Waals surface area contributed by atoms with Crippen LogP contribution in [-0.4, -0.2) is 92.4 Å². The van der Waals surface area contributed by atoms with Crippen LogP contribution in [0.3, 0.4) is 0 Å². The minimum absolute atomic E-state index is 0.0340. The number of aliphatic hydroxyl groups excluding tert-OH is 1. The molecule has 20 nitrogen and oxygen atoms in total. The number of thiazole rings is 1. The van der Waals surface area contributed by atoms with Crippen LogP contribution < -0.4 is 10.0 Å². The van der Waals surface area contributed by atoms with Crippen molar-refractivity contribution in [3.63, 3.8) is 0 Å². The zero-order valence-electron chi connectivity index (χ0n) is 29.5. The van der Waals surface area contributed by atoms with Crippen LogP contribution in [0.15, 0.2) is 66.8 Å². The summed E-state index contributed by atoms with van der Waals surface area (Å²) in [6, 6.07) is 10.2. The number of nitrogens with zero attached hydrogens (tertiary/aromatic N) is 5. The van der Waals surface area contributed by atoms with Gasteiger partial charge in [-0.1, -0.05) is 6.92 Å². The average molecular weight is 812 g/mol. The number of aromatic nitrogens is 2. The Morgan fingerprint density at radius 3 is 2.16 bits per heavy atom. The van der Waals surface area contributed by atoms with Gasteiger partial charge in [0.2, 0.25) is 15.9 Å². The highest BCUT2D eigenvalue weighted by Crippen LogP contribution is 2.52. The lowest BCUT2D eigenvalue weighted by atomic mass is 9.77. The predicted molar refractivity (Wildman–Crippen MR) is 195 cm³/mol. The van der Waals surface area contributed by atoms with Crippen molar-refractivity contribution >= 4 is 66.9 Å². The molecule has 2 aromatic carbocycles. The summed E-state index contributed by atoms with van der Waals surface area (Å²) in [5.74, 6) is -3.79. The van der Waals surface area contributed by atoms with Gasteiger partial charge in [-0.25, -0.2) is 27.7 Å². The van der Waals surface area contributed by atoms with Gasteiger partial charge in [-0.05, 0) is 42.3 Å². The maximum atomic E-state index is 13.6. The molecule has 0 saturated carbocycles. The number of Topliss-reactive ketones (excluding diaryl/α,β-unsaturated/α-hetero) is 1. The molecule has 0 bridgehead atoms. The number of aliphatic hydroxyl groups is 1. The summed E-state index contributed by atoms with van der Waals surface area (Å²) in [6.07, 6.45) is 1.03. The summed E-state index contributed by atoms with van der Waals surface area (Å²) in [5.41, 5.74) is 1.01. The molecule has 22 heteroatoms. The van der Waals surface area contributed by atoms with Gasteiger partial charge < -0.3 is 24.8 Å². The van der Waals surface area contributed by atoms with Gasteiger partial charge in [-0.15, -0.1) is 11.3 Å². The Labute approximate surface area is 321 Å². The minimum Gasteiger partial charge on any atom is -0.456 e. The first-order valence-electron chi connectivity index (χ1n) is 16.8. The number of fused-ring (bicyclic) bond motifs is 2. The smallest absolute Gasteiger partial charge is 0.407 e. The second-order valence-electron chi connectivity index (χ2n) is 12.9. The van der Waals surface area contributed by atoms with Crippen LogP contribution in [0.5, 0.6) is 0 Å². The van der Waals surface area contributed by atoms with Gasteiger partial charge in [0, 0.05) is 48.5 Å². The Bertz CT molecular complexity index is 2370. The molecule has 6 rings (SSSR count). The van der Waals surface area contributed by atoms with Gasteiger partial charge >= 0.3 is 12.1 Å². The molecule has 1 fully saturated rings. The molecule has 0 unspecified atom stereocenters. The largest absolute Gasteiger partial charge is 0.456 e. The number of ether oxygens (including phenoxy) is 2. The standard InChI is InChI=1S/C34H33N7O13S2/c1-18-26(30(39-29(18)27(19(2)42)31(39)44)33(45)53-15-20-3-7-22(8-4-20)40(47)48)25-14-38-17-36-28(32(38)55-25)24(43)13-37-56(51,52)12-11-35-34(46)54-16-21-5-9-23(10-6-21)41(49)50/h3-10,14,17-19,27,29,37,42H,11-13,15-16H2,1-2H3,(H,35,46)/t18-,19+,27+,29+/m0/s1. The fourth-order valence-electron chi connectivity index (χ4n) is 6.46. The van der Waals surface area contributed by atoms with Gasteiger partial charge in [0.1, 0.15) is 35.8 Å². The third-order valence-electron chi connectivity index (χ3n) is 9.23. The van der Waals surface area contributed by atoms with Crippen LogP contribution in [-0.2, 0) is 42.3 Å². The topological polar surface area (TPSA) is 272 Å². The maximum Gasteiger partial charge on any atom is 0.407 e. The first-order valence-corrected chi connectivity index (χ1v) is 19.3. The van der Waals surface area contributed by atoms with Crippen molar-refractivity contribution in [3.05, 3.63) is 109 Å². The Balaban J connectivity index is 1.10. The highest BCUT2D eigenvalue weighted by Gasteiger charge is 2.60. The number of nitro groups is 2. The van der Waals surface area contributed by atoms with Crippen LogP contribution in [0.1, 0.15) is 40.3 Å².